The van der Waals surface area contributed by atoms with Crippen LogP contribution in [-0.4, -0.2) is 10.7 Å². The van der Waals surface area contributed by atoms with Crippen LogP contribution in [0.5, 0.6) is 11.5 Å². The maximum atomic E-state index is 7.07. The summed E-state index contributed by atoms with van der Waals surface area (Å²) in [5.74, 6) is 5.63. The summed E-state index contributed by atoms with van der Waals surface area (Å²) < 4.78 is 16.7. The number of hydrogen-bond acceptors (Lipinski definition) is 2. The lowest BCUT2D eigenvalue weighted by molar-refractivity contribution is 0.0990. The molecule has 0 saturated carbocycles. The molecule has 0 bridgehead atoms. The van der Waals surface area contributed by atoms with E-state index in [4.69, 9.17) is 9.47 Å². The Labute approximate surface area is 337 Å². The summed E-state index contributed by atoms with van der Waals surface area (Å²) in [4.78, 5) is 0. The lowest BCUT2D eigenvalue weighted by Gasteiger charge is -2.49. The molecule has 6 aliphatic rings. The number of benzene rings is 4. The zero-order valence-corrected chi connectivity index (χ0v) is 33.7. The van der Waals surface area contributed by atoms with Crippen molar-refractivity contribution in [2.75, 3.05) is 0 Å². The number of nitrogens with zero attached hydrogens (tertiary/aromatic N) is 1. The number of fused-ring (bicyclic) bond motifs is 6. The fourth-order valence-corrected chi connectivity index (χ4v) is 11.6. The second-order valence-corrected chi connectivity index (χ2v) is 18.0. The zero-order chi connectivity index (χ0) is 38.4. The molecule has 0 radical (unpaired) electrons. The van der Waals surface area contributed by atoms with Crippen molar-refractivity contribution < 1.29 is 9.47 Å². The predicted molar refractivity (Wildman–Crippen MR) is 236 cm³/mol. The zero-order valence-electron chi connectivity index (χ0n) is 33.7. The fraction of sp³-hybridized carbons (Fsp3) is 0.333. The van der Waals surface area contributed by atoms with Crippen molar-refractivity contribution in [2.45, 2.75) is 83.7 Å². The highest BCUT2D eigenvalue weighted by molar-refractivity contribution is 6.11. The van der Waals surface area contributed by atoms with Crippen LogP contribution in [0.2, 0.25) is 0 Å². The van der Waals surface area contributed by atoms with Crippen LogP contribution in [-0.2, 0) is 0 Å². The highest BCUT2D eigenvalue weighted by Crippen LogP contribution is 2.61. The molecular formula is C54H53NO2. The molecule has 286 valence electrons. The van der Waals surface area contributed by atoms with E-state index in [1.807, 2.05) is 0 Å². The van der Waals surface area contributed by atoms with E-state index < -0.39 is 0 Å². The van der Waals surface area contributed by atoms with Gasteiger partial charge in [0.1, 0.15) is 23.4 Å². The van der Waals surface area contributed by atoms with E-state index >= 15 is 0 Å². The Bertz CT molecular complexity index is 2620. The topological polar surface area (TPSA) is 23.4 Å². The molecule has 11 rings (SSSR count). The van der Waals surface area contributed by atoms with Gasteiger partial charge in [0.15, 0.2) is 0 Å². The van der Waals surface area contributed by atoms with Crippen LogP contribution in [0.25, 0.3) is 33.1 Å². The monoisotopic (exact) mass is 747 g/mol. The summed E-state index contributed by atoms with van der Waals surface area (Å²) in [5, 5.41) is 2.62. The molecule has 3 nitrogen and oxygen atoms in total. The van der Waals surface area contributed by atoms with Crippen LogP contribution < -0.4 is 9.47 Å². The molecule has 0 N–H and O–H groups in total. The van der Waals surface area contributed by atoms with Crippen molar-refractivity contribution in [3.8, 4) is 11.5 Å². The van der Waals surface area contributed by atoms with E-state index in [-0.39, 0.29) is 29.8 Å². The first kappa shape index (κ1) is 34.9. The quantitative estimate of drug-likeness (QED) is 0.171. The van der Waals surface area contributed by atoms with E-state index in [9.17, 15) is 0 Å². The minimum Gasteiger partial charge on any atom is -0.486 e. The van der Waals surface area contributed by atoms with E-state index in [0.29, 0.717) is 23.7 Å². The van der Waals surface area contributed by atoms with Crippen molar-refractivity contribution in [1.82, 2.24) is 4.57 Å². The van der Waals surface area contributed by atoms with E-state index in [0.717, 1.165) is 36.5 Å². The molecule has 8 unspecified atom stereocenters. The number of aromatic nitrogens is 1. The average Bonchev–Trinajstić information content (AvgIpc) is 3.57. The molecule has 0 fully saturated rings. The molecule has 0 saturated heterocycles. The number of ether oxygens (including phenoxy) is 2. The molecule has 4 aromatic carbocycles. The van der Waals surface area contributed by atoms with Gasteiger partial charge in [-0.15, -0.1) is 0 Å². The summed E-state index contributed by atoms with van der Waals surface area (Å²) in [6.45, 7) is 9.53. The molecule has 4 aliphatic carbocycles. The maximum Gasteiger partial charge on any atom is 0.131 e. The Morgan fingerprint density at radius 3 is 2.40 bits per heavy atom. The van der Waals surface area contributed by atoms with Crippen LogP contribution >= 0.6 is 0 Å². The molecule has 0 amide bonds. The molecule has 9 atom stereocenters. The predicted octanol–water partition coefficient (Wildman–Crippen LogP) is 13.9. The first-order chi connectivity index (χ1) is 27.9. The number of para-hydroxylation sites is 3. The van der Waals surface area contributed by atoms with E-state index in [1.165, 1.54) is 73.7 Å². The van der Waals surface area contributed by atoms with E-state index in [1.54, 1.807) is 0 Å². The van der Waals surface area contributed by atoms with Gasteiger partial charge < -0.3 is 14.0 Å². The van der Waals surface area contributed by atoms with Crippen LogP contribution in [0.3, 0.4) is 0 Å². The van der Waals surface area contributed by atoms with Gasteiger partial charge in [0.25, 0.3) is 0 Å². The van der Waals surface area contributed by atoms with Crippen molar-refractivity contribution in [3.05, 3.63) is 167 Å². The molecule has 3 heterocycles. The van der Waals surface area contributed by atoms with Crippen molar-refractivity contribution >= 4 is 33.1 Å². The summed E-state index contributed by atoms with van der Waals surface area (Å²) in [6.07, 6.45) is 25.0. The maximum absolute atomic E-state index is 7.07. The fourth-order valence-electron chi connectivity index (χ4n) is 11.6. The first-order valence-electron chi connectivity index (χ1n) is 21.7. The summed E-state index contributed by atoms with van der Waals surface area (Å²) in [5.41, 5.74) is 12.2. The standard InChI is InChI=1S/C54H53NO2/c1-32-20-25-37(26-21-32)55-45-18-9-7-14-39(45)40-16-11-17-42(54(40)55)50-35(4)23-28-49-53(50)52(41-15-8-10-19-46(41)57-49)51-43-30-33(2)22-27-47(43)56-48-29-24-36(31-44(48)51)38-13-6-5-12-34(38)3/h7-11,13-20,22-29,31-35,43,47,50-52H,5-6,12,21,30H2,1-4H3/t32?,33?,34?,35-,43?,47?,50?,51?,52?/m0/s1. The summed E-state index contributed by atoms with van der Waals surface area (Å²) in [7, 11) is 0. The van der Waals surface area contributed by atoms with Gasteiger partial charge in [-0.3, -0.25) is 0 Å². The molecule has 1 aromatic heterocycles. The molecular weight excluding hydrogens is 695 g/mol. The Hall–Kier alpha value is -5.28. The molecule has 0 spiro atoms. The van der Waals surface area contributed by atoms with Crippen LogP contribution in [0.15, 0.2) is 145 Å². The third-order valence-electron chi connectivity index (χ3n) is 14.3. The first-order valence-corrected chi connectivity index (χ1v) is 21.7. The van der Waals surface area contributed by atoms with Gasteiger partial charge in [0.2, 0.25) is 0 Å². The van der Waals surface area contributed by atoms with Gasteiger partial charge in [-0.05, 0) is 126 Å². The Kier molecular flexibility index (Phi) is 8.39. The van der Waals surface area contributed by atoms with Gasteiger partial charge >= 0.3 is 0 Å². The molecule has 57 heavy (non-hydrogen) atoms. The Morgan fingerprint density at radius 2 is 1.53 bits per heavy atom. The summed E-state index contributed by atoms with van der Waals surface area (Å²) >= 11 is 0. The highest BCUT2D eigenvalue weighted by atomic mass is 16.5. The van der Waals surface area contributed by atoms with Crippen molar-refractivity contribution in [2.24, 2.45) is 29.6 Å². The number of allylic oxidation sites excluding steroid dienone is 10. The van der Waals surface area contributed by atoms with Crippen molar-refractivity contribution in [3.63, 3.8) is 0 Å². The SMILES string of the molecule is CC1C=CC(n2c3ccccc3c3cccc(C4C5=C(C=C[C@@H]4C)Oc4ccccc4C5C4c5cc(C6=CCCCC6C)ccc5OC5C=CC(C)CC54)c32)=CC1. The van der Waals surface area contributed by atoms with Gasteiger partial charge in [-0.2, -0.15) is 0 Å². The van der Waals surface area contributed by atoms with Gasteiger partial charge in [0.05, 0.1) is 11.0 Å². The Balaban J connectivity index is 1.17. The lowest BCUT2D eigenvalue weighted by atomic mass is 9.59. The molecule has 3 heteroatoms. The molecule has 2 aliphatic heterocycles. The van der Waals surface area contributed by atoms with Crippen LogP contribution in [0, 0.1) is 29.6 Å². The van der Waals surface area contributed by atoms with Gasteiger partial charge in [-0.1, -0.05) is 119 Å². The highest BCUT2D eigenvalue weighted by Gasteiger charge is 2.50. The van der Waals surface area contributed by atoms with Gasteiger partial charge in [0, 0.05) is 45.7 Å². The Morgan fingerprint density at radius 1 is 0.684 bits per heavy atom. The largest absolute Gasteiger partial charge is 0.486 e. The second kappa shape index (κ2) is 13.7. The minimum absolute atomic E-state index is 0.0322. The average molecular weight is 748 g/mol. The third kappa shape index (κ3) is 5.59. The van der Waals surface area contributed by atoms with E-state index in [2.05, 4.69) is 166 Å². The lowest BCUT2D eigenvalue weighted by Crippen LogP contribution is -2.42. The number of rotatable bonds is 4. The molecule has 5 aromatic rings. The van der Waals surface area contributed by atoms with Crippen LogP contribution in [0.4, 0.5) is 0 Å². The summed E-state index contributed by atoms with van der Waals surface area (Å²) in [6, 6.07) is 32.2. The third-order valence-corrected chi connectivity index (χ3v) is 14.3. The number of hydrogen-bond donors (Lipinski definition) is 0. The van der Waals surface area contributed by atoms with Crippen LogP contribution in [0.1, 0.15) is 99.8 Å². The smallest absolute Gasteiger partial charge is 0.131 e. The van der Waals surface area contributed by atoms with Gasteiger partial charge in [-0.25, -0.2) is 0 Å². The minimum atomic E-state index is 0.0322. The second-order valence-electron chi connectivity index (χ2n) is 18.0. The van der Waals surface area contributed by atoms with Crippen molar-refractivity contribution in [1.29, 1.82) is 0 Å². The normalized spacial score (nSPS) is 30.1.